The molecule has 0 spiro atoms. The SMILES string of the molecule is NC(=O)c1ccc(-c2nc(-c3ccc(OCCC=O)c(N4CCCC4)c3)no2)cc1. The number of nitrogens with zero attached hydrogens (tertiary/aromatic N) is 3. The third-order valence-corrected chi connectivity index (χ3v) is 5.00. The number of ether oxygens (including phenoxy) is 1. The highest BCUT2D eigenvalue weighted by molar-refractivity contribution is 5.93. The normalized spacial score (nSPS) is 13.4. The molecule has 0 saturated carbocycles. The second-order valence-electron chi connectivity index (χ2n) is 7.05. The summed E-state index contributed by atoms with van der Waals surface area (Å²) in [5.74, 6) is 1.07. The van der Waals surface area contributed by atoms with Gasteiger partial charge in [-0.3, -0.25) is 4.79 Å². The van der Waals surface area contributed by atoms with Crippen molar-refractivity contribution in [2.45, 2.75) is 19.3 Å². The van der Waals surface area contributed by atoms with E-state index in [1.54, 1.807) is 24.3 Å². The summed E-state index contributed by atoms with van der Waals surface area (Å²) in [5, 5.41) is 4.11. The van der Waals surface area contributed by atoms with Crippen molar-refractivity contribution < 1.29 is 18.8 Å². The maximum atomic E-state index is 11.2. The van der Waals surface area contributed by atoms with E-state index in [0.717, 1.165) is 49.2 Å². The molecule has 1 aliphatic heterocycles. The fraction of sp³-hybridized carbons (Fsp3) is 0.273. The average Bonchev–Trinajstić information content (AvgIpc) is 3.47. The summed E-state index contributed by atoms with van der Waals surface area (Å²) in [4.78, 5) is 28.6. The summed E-state index contributed by atoms with van der Waals surface area (Å²) in [5.41, 5.74) is 8.17. The standard InChI is InChI=1S/C22H22N4O4/c23-20(28)15-4-6-16(7-5-15)22-24-21(25-30-22)17-8-9-19(29-13-3-12-27)18(14-17)26-10-1-2-11-26/h4-9,12,14H,1-3,10-11,13H2,(H2,23,28). The van der Waals surface area contributed by atoms with Crippen LogP contribution in [-0.2, 0) is 4.79 Å². The smallest absolute Gasteiger partial charge is 0.258 e. The number of hydrogen-bond donors (Lipinski definition) is 1. The summed E-state index contributed by atoms with van der Waals surface area (Å²) in [6.45, 7) is 2.26. The molecule has 0 atom stereocenters. The first kappa shape index (κ1) is 19.6. The van der Waals surface area contributed by atoms with Crippen molar-refractivity contribution in [3.63, 3.8) is 0 Å². The first-order valence-corrected chi connectivity index (χ1v) is 9.85. The maximum Gasteiger partial charge on any atom is 0.258 e. The van der Waals surface area contributed by atoms with Crippen LogP contribution in [-0.4, -0.2) is 42.0 Å². The molecule has 0 unspecified atom stereocenters. The molecule has 154 valence electrons. The molecular weight excluding hydrogens is 384 g/mol. The Bertz CT molecular complexity index is 1040. The number of hydrogen-bond acceptors (Lipinski definition) is 7. The van der Waals surface area contributed by atoms with Crippen molar-refractivity contribution >= 4 is 17.9 Å². The fourth-order valence-corrected chi connectivity index (χ4v) is 3.44. The quantitative estimate of drug-likeness (QED) is 0.452. The van der Waals surface area contributed by atoms with E-state index in [4.69, 9.17) is 15.0 Å². The lowest BCUT2D eigenvalue weighted by Gasteiger charge is -2.21. The van der Waals surface area contributed by atoms with Crippen molar-refractivity contribution in [2.75, 3.05) is 24.6 Å². The van der Waals surface area contributed by atoms with Crippen LogP contribution in [0.4, 0.5) is 5.69 Å². The number of amides is 1. The van der Waals surface area contributed by atoms with Crippen molar-refractivity contribution in [1.29, 1.82) is 0 Å². The molecule has 1 amide bonds. The monoisotopic (exact) mass is 406 g/mol. The number of primary amides is 1. The Kier molecular flexibility index (Phi) is 5.74. The van der Waals surface area contributed by atoms with Crippen LogP contribution in [0.15, 0.2) is 47.0 Å². The van der Waals surface area contributed by atoms with Crippen LogP contribution in [0.1, 0.15) is 29.6 Å². The van der Waals surface area contributed by atoms with E-state index in [0.29, 0.717) is 35.9 Å². The van der Waals surface area contributed by atoms with Gasteiger partial charge in [-0.05, 0) is 55.3 Å². The molecule has 1 fully saturated rings. The van der Waals surface area contributed by atoms with E-state index < -0.39 is 5.91 Å². The molecule has 1 saturated heterocycles. The first-order valence-electron chi connectivity index (χ1n) is 9.85. The van der Waals surface area contributed by atoms with Gasteiger partial charge in [0.2, 0.25) is 11.7 Å². The van der Waals surface area contributed by atoms with E-state index in [2.05, 4.69) is 15.0 Å². The van der Waals surface area contributed by atoms with Gasteiger partial charge in [0.05, 0.1) is 12.3 Å². The highest BCUT2D eigenvalue weighted by Gasteiger charge is 2.19. The third kappa shape index (κ3) is 4.17. The molecule has 30 heavy (non-hydrogen) atoms. The second kappa shape index (κ2) is 8.77. The Morgan fingerprint density at radius 1 is 1.13 bits per heavy atom. The molecule has 0 bridgehead atoms. The number of rotatable bonds is 8. The number of anilines is 1. The van der Waals surface area contributed by atoms with Crippen molar-refractivity contribution in [3.05, 3.63) is 48.0 Å². The van der Waals surface area contributed by atoms with Crippen LogP contribution in [0, 0.1) is 0 Å². The molecule has 8 nitrogen and oxygen atoms in total. The van der Waals surface area contributed by atoms with E-state index in [1.165, 1.54) is 0 Å². The van der Waals surface area contributed by atoms with Crippen LogP contribution >= 0.6 is 0 Å². The molecule has 1 aliphatic rings. The lowest BCUT2D eigenvalue weighted by Crippen LogP contribution is -2.19. The van der Waals surface area contributed by atoms with Gasteiger partial charge in [-0.1, -0.05) is 5.16 Å². The van der Waals surface area contributed by atoms with Crippen LogP contribution in [0.2, 0.25) is 0 Å². The van der Waals surface area contributed by atoms with Crippen molar-refractivity contribution in [1.82, 2.24) is 10.1 Å². The van der Waals surface area contributed by atoms with E-state index in [1.807, 2.05) is 18.2 Å². The predicted octanol–water partition coefficient (Wildman–Crippen LogP) is 3.07. The number of aldehydes is 1. The summed E-state index contributed by atoms with van der Waals surface area (Å²) in [6, 6.07) is 12.4. The molecule has 0 aliphatic carbocycles. The Hall–Kier alpha value is -3.68. The molecule has 0 radical (unpaired) electrons. The van der Waals surface area contributed by atoms with E-state index in [-0.39, 0.29) is 0 Å². The molecule has 1 aromatic heterocycles. The highest BCUT2D eigenvalue weighted by atomic mass is 16.5. The zero-order valence-electron chi connectivity index (χ0n) is 16.4. The summed E-state index contributed by atoms with van der Waals surface area (Å²) in [6.07, 6.45) is 3.46. The number of carbonyl (C=O) groups is 2. The van der Waals surface area contributed by atoms with Crippen molar-refractivity contribution in [2.24, 2.45) is 5.73 Å². The molecule has 4 rings (SSSR count). The molecule has 2 heterocycles. The van der Waals surface area contributed by atoms with Crippen LogP contribution < -0.4 is 15.4 Å². The van der Waals surface area contributed by atoms with Gasteiger partial charge < -0.3 is 24.7 Å². The van der Waals surface area contributed by atoms with Gasteiger partial charge in [-0.2, -0.15) is 4.98 Å². The lowest BCUT2D eigenvalue weighted by atomic mass is 10.1. The predicted molar refractivity (Wildman–Crippen MR) is 111 cm³/mol. The van der Waals surface area contributed by atoms with Crippen molar-refractivity contribution in [3.8, 4) is 28.6 Å². The van der Waals surface area contributed by atoms with Gasteiger partial charge in [0, 0.05) is 36.2 Å². The zero-order valence-corrected chi connectivity index (χ0v) is 16.4. The summed E-state index contributed by atoms with van der Waals surface area (Å²) < 4.78 is 11.2. The number of nitrogens with two attached hydrogens (primary N) is 1. The van der Waals surface area contributed by atoms with Gasteiger partial charge in [-0.15, -0.1) is 0 Å². The summed E-state index contributed by atoms with van der Waals surface area (Å²) in [7, 11) is 0. The van der Waals surface area contributed by atoms with E-state index >= 15 is 0 Å². The molecule has 2 N–H and O–H groups in total. The first-order chi connectivity index (χ1) is 14.7. The Morgan fingerprint density at radius 2 is 1.87 bits per heavy atom. The number of carbonyl (C=O) groups excluding carboxylic acids is 2. The second-order valence-corrected chi connectivity index (χ2v) is 7.05. The topological polar surface area (TPSA) is 112 Å². The Morgan fingerprint density at radius 3 is 2.57 bits per heavy atom. The van der Waals surface area contributed by atoms with Gasteiger partial charge >= 0.3 is 0 Å². The minimum atomic E-state index is -0.488. The average molecular weight is 406 g/mol. The molecule has 2 aromatic carbocycles. The lowest BCUT2D eigenvalue weighted by molar-refractivity contribution is -0.108. The maximum absolute atomic E-state index is 11.2. The largest absolute Gasteiger partial charge is 0.491 e. The molecule has 8 heteroatoms. The van der Waals surface area contributed by atoms with Gasteiger partial charge in [0.15, 0.2) is 0 Å². The van der Waals surface area contributed by atoms with Gasteiger partial charge in [0.1, 0.15) is 12.0 Å². The minimum Gasteiger partial charge on any atom is -0.491 e. The Balaban J connectivity index is 1.61. The Labute approximate surface area is 173 Å². The highest BCUT2D eigenvalue weighted by Crippen LogP contribution is 2.35. The van der Waals surface area contributed by atoms with Crippen LogP contribution in [0.3, 0.4) is 0 Å². The summed E-state index contributed by atoms with van der Waals surface area (Å²) >= 11 is 0. The number of benzene rings is 2. The van der Waals surface area contributed by atoms with E-state index in [9.17, 15) is 9.59 Å². The third-order valence-electron chi connectivity index (χ3n) is 5.00. The minimum absolute atomic E-state index is 0.345. The molecular formula is C22H22N4O4. The zero-order chi connectivity index (χ0) is 20.9. The van der Waals surface area contributed by atoms with Crippen LogP contribution in [0.25, 0.3) is 22.8 Å². The molecule has 3 aromatic rings. The van der Waals surface area contributed by atoms with Gasteiger partial charge in [-0.25, -0.2) is 0 Å². The van der Waals surface area contributed by atoms with Crippen LogP contribution in [0.5, 0.6) is 5.75 Å². The number of aromatic nitrogens is 2. The fourth-order valence-electron chi connectivity index (χ4n) is 3.44. The van der Waals surface area contributed by atoms with Gasteiger partial charge in [0.25, 0.3) is 5.89 Å².